The standard InChI is InChI=1S/C20H26N4O3/c1-4-15-5-7-17(8-6-15)24-20(25)23-12-16-9-18(26-13-21-2)11-19(10-16)27-14-22-3/h4-11,21-22H,1,12-14H2,2-3H3,(H2,23,24,25). The molecule has 27 heavy (non-hydrogen) atoms. The van der Waals surface area contributed by atoms with Gasteiger partial charge in [-0.25, -0.2) is 4.79 Å². The zero-order valence-corrected chi connectivity index (χ0v) is 15.7. The number of carbonyl (C=O) groups is 1. The molecule has 144 valence electrons. The summed E-state index contributed by atoms with van der Waals surface area (Å²) in [4.78, 5) is 12.1. The normalized spacial score (nSPS) is 10.1. The van der Waals surface area contributed by atoms with Crippen LogP contribution in [-0.4, -0.2) is 33.6 Å². The molecule has 7 nitrogen and oxygen atoms in total. The molecule has 0 fully saturated rings. The van der Waals surface area contributed by atoms with E-state index in [0.29, 0.717) is 37.2 Å². The molecule has 0 spiro atoms. The van der Waals surface area contributed by atoms with E-state index < -0.39 is 0 Å². The van der Waals surface area contributed by atoms with E-state index in [9.17, 15) is 4.79 Å². The topological polar surface area (TPSA) is 83.7 Å². The molecule has 4 N–H and O–H groups in total. The molecule has 0 heterocycles. The Hall–Kier alpha value is -3.03. The molecule has 0 saturated heterocycles. The molecule has 0 saturated carbocycles. The van der Waals surface area contributed by atoms with Crippen LogP contribution in [0.4, 0.5) is 10.5 Å². The van der Waals surface area contributed by atoms with Crippen LogP contribution in [0.15, 0.2) is 49.0 Å². The zero-order chi connectivity index (χ0) is 19.5. The number of nitrogens with one attached hydrogen (secondary N) is 4. The van der Waals surface area contributed by atoms with Gasteiger partial charge in [-0.3, -0.25) is 10.6 Å². The van der Waals surface area contributed by atoms with Crippen LogP contribution in [-0.2, 0) is 6.54 Å². The molecule has 0 radical (unpaired) electrons. The van der Waals surface area contributed by atoms with Crippen molar-refractivity contribution < 1.29 is 14.3 Å². The van der Waals surface area contributed by atoms with Gasteiger partial charge in [-0.1, -0.05) is 24.8 Å². The van der Waals surface area contributed by atoms with Crippen LogP contribution in [0.1, 0.15) is 11.1 Å². The van der Waals surface area contributed by atoms with Crippen molar-refractivity contribution in [2.24, 2.45) is 0 Å². The quantitative estimate of drug-likeness (QED) is 0.484. The fourth-order valence-corrected chi connectivity index (χ4v) is 2.27. The van der Waals surface area contributed by atoms with Crippen molar-refractivity contribution >= 4 is 17.8 Å². The van der Waals surface area contributed by atoms with Crippen molar-refractivity contribution in [3.05, 3.63) is 60.2 Å². The predicted octanol–water partition coefficient (Wildman–Crippen LogP) is 2.76. The van der Waals surface area contributed by atoms with Crippen LogP contribution in [0.3, 0.4) is 0 Å². The lowest BCUT2D eigenvalue weighted by Gasteiger charge is -2.13. The number of carbonyl (C=O) groups excluding carboxylic acids is 1. The molecule has 2 aromatic carbocycles. The molecular formula is C20H26N4O3. The largest absolute Gasteiger partial charge is 0.478 e. The molecule has 0 aromatic heterocycles. The van der Waals surface area contributed by atoms with Gasteiger partial charge in [0.2, 0.25) is 0 Å². The van der Waals surface area contributed by atoms with E-state index in [0.717, 1.165) is 11.1 Å². The number of amides is 2. The summed E-state index contributed by atoms with van der Waals surface area (Å²) in [7, 11) is 3.60. The number of rotatable bonds is 10. The first-order valence-electron chi connectivity index (χ1n) is 8.60. The molecule has 2 amide bonds. The Kier molecular flexibility index (Phi) is 8.15. The number of benzene rings is 2. The van der Waals surface area contributed by atoms with Gasteiger partial charge in [0.05, 0.1) is 0 Å². The van der Waals surface area contributed by atoms with Gasteiger partial charge in [0.25, 0.3) is 0 Å². The average Bonchev–Trinajstić information content (AvgIpc) is 2.69. The molecule has 2 rings (SSSR count). The van der Waals surface area contributed by atoms with Crippen molar-refractivity contribution in [2.45, 2.75) is 6.54 Å². The van der Waals surface area contributed by atoms with E-state index in [1.807, 2.05) is 36.4 Å². The first-order valence-corrected chi connectivity index (χ1v) is 8.60. The van der Waals surface area contributed by atoms with Gasteiger partial charge in [-0.05, 0) is 49.5 Å². The third kappa shape index (κ3) is 7.01. The smallest absolute Gasteiger partial charge is 0.319 e. The highest BCUT2D eigenvalue weighted by Gasteiger charge is 2.06. The Morgan fingerprint density at radius 2 is 1.59 bits per heavy atom. The molecule has 0 unspecified atom stereocenters. The number of urea groups is 1. The van der Waals surface area contributed by atoms with Gasteiger partial charge in [0.1, 0.15) is 25.0 Å². The second kappa shape index (κ2) is 10.8. The molecular weight excluding hydrogens is 344 g/mol. The SMILES string of the molecule is C=Cc1ccc(NC(=O)NCc2cc(OCNC)cc(OCNC)c2)cc1. The Balaban J connectivity index is 1.97. The Morgan fingerprint density at radius 1 is 1.00 bits per heavy atom. The maximum absolute atomic E-state index is 12.1. The van der Waals surface area contributed by atoms with E-state index >= 15 is 0 Å². The first kappa shape index (κ1) is 20.3. The fourth-order valence-electron chi connectivity index (χ4n) is 2.27. The Morgan fingerprint density at radius 3 is 2.11 bits per heavy atom. The maximum atomic E-state index is 12.1. The lowest BCUT2D eigenvalue weighted by atomic mass is 10.2. The minimum atomic E-state index is -0.291. The molecule has 0 aliphatic heterocycles. The maximum Gasteiger partial charge on any atom is 0.319 e. The summed E-state index contributed by atoms with van der Waals surface area (Å²) in [6.45, 7) is 4.80. The average molecular weight is 370 g/mol. The molecule has 0 aliphatic rings. The summed E-state index contributed by atoms with van der Waals surface area (Å²) in [5.41, 5.74) is 2.57. The van der Waals surface area contributed by atoms with E-state index in [2.05, 4.69) is 27.8 Å². The van der Waals surface area contributed by atoms with E-state index in [1.165, 1.54) is 0 Å². The van der Waals surface area contributed by atoms with Crippen LogP contribution >= 0.6 is 0 Å². The Labute approximate surface area is 159 Å². The lowest BCUT2D eigenvalue weighted by molar-refractivity contribution is 0.251. The molecule has 0 aliphatic carbocycles. The van der Waals surface area contributed by atoms with Gasteiger partial charge < -0.3 is 20.1 Å². The van der Waals surface area contributed by atoms with Crippen LogP contribution in [0.25, 0.3) is 6.08 Å². The van der Waals surface area contributed by atoms with E-state index in [-0.39, 0.29) is 6.03 Å². The van der Waals surface area contributed by atoms with Crippen molar-refractivity contribution in [3.8, 4) is 11.5 Å². The minimum Gasteiger partial charge on any atom is -0.478 e. The van der Waals surface area contributed by atoms with Crippen LogP contribution in [0, 0.1) is 0 Å². The minimum absolute atomic E-state index is 0.291. The number of ether oxygens (including phenoxy) is 2. The molecule has 0 bridgehead atoms. The van der Waals surface area contributed by atoms with Gasteiger partial charge >= 0.3 is 6.03 Å². The lowest BCUT2D eigenvalue weighted by Crippen LogP contribution is -2.28. The van der Waals surface area contributed by atoms with Gasteiger partial charge in [-0.15, -0.1) is 0 Å². The van der Waals surface area contributed by atoms with Crippen LogP contribution in [0.2, 0.25) is 0 Å². The molecule has 0 atom stereocenters. The summed E-state index contributed by atoms with van der Waals surface area (Å²) in [6, 6.07) is 12.7. The molecule has 7 heteroatoms. The number of hydrogen-bond acceptors (Lipinski definition) is 5. The summed E-state index contributed by atoms with van der Waals surface area (Å²) in [5.74, 6) is 1.32. The van der Waals surface area contributed by atoms with Crippen molar-refractivity contribution in [1.82, 2.24) is 16.0 Å². The van der Waals surface area contributed by atoms with Crippen molar-refractivity contribution in [1.29, 1.82) is 0 Å². The molecule has 2 aromatic rings. The Bertz CT molecular complexity index is 721. The van der Waals surface area contributed by atoms with Crippen molar-refractivity contribution in [3.63, 3.8) is 0 Å². The van der Waals surface area contributed by atoms with E-state index in [4.69, 9.17) is 9.47 Å². The second-order valence-electron chi connectivity index (χ2n) is 5.73. The second-order valence-corrected chi connectivity index (χ2v) is 5.73. The predicted molar refractivity (Wildman–Crippen MR) is 108 cm³/mol. The summed E-state index contributed by atoms with van der Waals surface area (Å²) in [5, 5.41) is 11.5. The van der Waals surface area contributed by atoms with Crippen LogP contribution < -0.4 is 30.7 Å². The monoisotopic (exact) mass is 370 g/mol. The van der Waals surface area contributed by atoms with E-state index in [1.54, 1.807) is 26.2 Å². The zero-order valence-electron chi connectivity index (χ0n) is 15.7. The first-order chi connectivity index (χ1) is 13.1. The third-order valence-corrected chi connectivity index (χ3v) is 3.56. The highest BCUT2D eigenvalue weighted by molar-refractivity contribution is 5.89. The summed E-state index contributed by atoms with van der Waals surface area (Å²) in [6.07, 6.45) is 1.75. The van der Waals surface area contributed by atoms with Gasteiger partial charge in [-0.2, -0.15) is 0 Å². The van der Waals surface area contributed by atoms with Crippen LogP contribution in [0.5, 0.6) is 11.5 Å². The third-order valence-electron chi connectivity index (χ3n) is 3.56. The fraction of sp³-hybridized carbons (Fsp3) is 0.250. The highest BCUT2D eigenvalue weighted by Crippen LogP contribution is 2.23. The van der Waals surface area contributed by atoms with Crippen molar-refractivity contribution in [2.75, 3.05) is 32.9 Å². The van der Waals surface area contributed by atoms with Gasteiger partial charge in [0.15, 0.2) is 0 Å². The number of hydrogen-bond donors (Lipinski definition) is 4. The highest BCUT2D eigenvalue weighted by atomic mass is 16.5. The van der Waals surface area contributed by atoms with Gasteiger partial charge in [0, 0.05) is 18.3 Å². The summed E-state index contributed by atoms with van der Waals surface area (Å²) >= 11 is 0. The number of anilines is 1. The summed E-state index contributed by atoms with van der Waals surface area (Å²) < 4.78 is 11.2.